The Morgan fingerprint density at radius 1 is 1.03 bits per heavy atom. The highest BCUT2D eigenvalue weighted by Crippen LogP contribution is 2.37. The fraction of sp³-hybridized carbons (Fsp3) is 0.417. The van der Waals surface area contributed by atoms with Gasteiger partial charge in [0.2, 0.25) is 5.91 Å². The van der Waals surface area contributed by atoms with Crippen LogP contribution in [0.15, 0.2) is 53.4 Å². The van der Waals surface area contributed by atoms with Crippen LogP contribution in [0.5, 0.6) is 0 Å². The number of hydrogen-bond acceptors (Lipinski definition) is 5. The van der Waals surface area contributed by atoms with Crippen molar-refractivity contribution >= 4 is 23.4 Å². The van der Waals surface area contributed by atoms with Gasteiger partial charge in [-0.3, -0.25) is 14.6 Å². The summed E-state index contributed by atoms with van der Waals surface area (Å²) in [7, 11) is 0. The van der Waals surface area contributed by atoms with E-state index in [1.165, 1.54) is 10.5 Å². The highest BCUT2D eigenvalue weighted by molar-refractivity contribution is 8.00. The minimum Gasteiger partial charge on any atom is -0.310 e. The molecule has 0 saturated carbocycles. The molecule has 6 heteroatoms. The van der Waals surface area contributed by atoms with E-state index in [1.807, 2.05) is 47.0 Å². The quantitative estimate of drug-likeness (QED) is 0.757. The first-order valence-corrected chi connectivity index (χ1v) is 11.5. The molecule has 0 radical (unpaired) electrons. The lowest BCUT2D eigenvalue weighted by molar-refractivity contribution is -0.120. The van der Waals surface area contributed by atoms with Crippen LogP contribution in [0.2, 0.25) is 0 Å². The van der Waals surface area contributed by atoms with E-state index in [9.17, 15) is 4.79 Å². The molecule has 2 aromatic rings. The van der Waals surface area contributed by atoms with Gasteiger partial charge in [-0.25, -0.2) is 0 Å². The molecule has 1 saturated heterocycles. The zero-order valence-electron chi connectivity index (χ0n) is 17.5. The van der Waals surface area contributed by atoms with Crippen LogP contribution in [0.4, 0.5) is 5.69 Å². The van der Waals surface area contributed by atoms with Gasteiger partial charge < -0.3 is 4.90 Å². The van der Waals surface area contributed by atoms with Crippen LogP contribution >= 0.6 is 11.8 Å². The third-order valence-electron chi connectivity index (χ3n) is 5.86. The third-order valence-corrected chi connectivity index (χ3v) is 7.09. The molecule has 1 atom stereocenters. The van der Waals surface area contributed by atoms with E-state index in [0.717, 1.165) is 51.4 Å². The van der Waals surface area contributed by atoms with Crippen LogP contribution in [0, 0.1) is 11.3 Å². The molecule has 2 aliphatic rings. The van der Waals surface area contributed by atoms with E-state index < -0.39 is 0 Å². The standard InChI is InChI=1S/C24H28N4OS/c1-19-10-11-28(22-4-2-3-5-23(22)30-19)24(29)18-27-14-12-26(13-15-27)17-21-8-6-20(16-25)7-9-21/h2-9,19H,10-15,17-18H2,1H3/t19-/m0/s1. The molecule has 0 aliphatic carbocycles. The van der Waals surface area contributed by atoms with Gasteiger partial charge in [-0.05, 0) is 36.2 Å². The first-order valence-electron chi connectivity index (χ1n) is 10.6. The number of anilines is 1. The topological polar surface area (TPSA) is 50.6 Å². The van der Waals surface area contributed by atoms with Crippen LogP contribution in [-0.2, 0) is 11.3 Å². The Labute approximate surface area is 183 Å². The van der Waals surface area contributed by atoms with Crippen LogP contribution in [0.3, 0.4) is 0 Å². The molecule has 2 aliphatic heterocycles. The molecule has 0 bridgehead atoms. The van der Waals surface area contributed by atoms with Gasteiger partial charge in [0.25, 0.3) is 0 Å². The number of hydrogen-bond donors (Lipinski definition) is 0. The van der Waals surface area contributed by atoms with Crippen LogP contribution < -0.4 is 4.90 Å². The summed E-state index contributed by atoms with van der Waals surface area (Å²) in [5, 5.41) is 9.45. The monoisotopic (exact) mass is 420 g/mol. The number of carbonyl (C=O) groups excluding carboxylic acids is 1. The molecule has 1 fully saturated rings. The van der Waals surface area contributed by atoms with Crippen molar-refractivity contribution in [3.63, 3.8) is 0 Å². The summed E-state index contributed by atoms with van der Waals surface area (Å²) < 4.78 is 0. The average molecular weight is 421 g/mol. The number of benzene rings is 2. The molecule has 2 aromatic carbocycles. The fourth-order valence-corrected chi connectivity index (χ4v) is 5.18. The summed E-state index contributed by atoms with van der Waals surface area (Å²) in [6.07, 6.45) is 1.02. The van der Waals surface area contributed by atoms with Crippen molar-refractivity contribution in [2.75, 3.05) is 44.2 Å². The van der Waals surface area contributed by atoms with Gasteiger partial charge >= 0.3 is 0 Å². The number of thioether (sulfide) groups is 1. The minimum atomic E-state index is 0.206. The van der Waals surface area contributed by atoms with Gasteiger partial charge in [0.15, 0.2) is 0 Å². The number of amides is 1. The number of carbonyl (C=O) groups is 1. The van der Waals surface area contributed by atoms with E-state index in [1.54, 1.807) is 0 Å². The van der Waals surface area contributed by atoms with Gasteiger partial charge in [0.1, 0.15) is 0 Å². The predicted octanol–water partition coefficient (Wildman–Crippen LogP) is 3.59. The Morgan fingerprint density at radius 3 is 2.47 bits per heavy atom. The molecular formula is C24H28N4OS. The normalized spacial score (nSPS) is 20.3. The number of piperazine rings is 1. The molecule has 0 aromatic heterocycles. The summed E-state index contributed by atoms with van der Waals surface area (Å²) in [6, 6.07) is 18.3. The Hall–Kier alpha value is -2.33. The van der Waals surface area contributed by atoms with Gasteiger partial charge in [0, 0.05) is 49.4 Å². The number of rotatable bonds is 4. The molecule has 156 valence electrons. The van der Waals surface area contributed by atoms with Gasteiger partial charge in [-0.1, -0.05) is 31.2 Å². The molecule has 0 N–H and O–H groups in total. The maximum absolute atomic E-state index is 13.2. The Kier molecular flexibility index (Phi) is 6.73. The fourth-order valence-electron chi connectivity index (χ4n) is 4.07. The first kappa shape index (κ1) is 20.9. The summed E-state index contributed by atoms with van der Waals surface area (Å²) in [5.41, 5.74) is 2.99. The number of nitrogens with zero attached hydrogens (tertiary/aromatic N) is 4. The van der Waals surface area contributed by atoms with Crippen LogP contribution in [-0.4, -0.2) is 60.2 Å². The minimum absolute atomic E-state index is 0.206. The second-order valence-corrected chi connectivity index (χ2v) is 9.57. The lowest BCUT2D eigenvalue weighted by Gasteiger charge is -2.35. The zero-order valence-corrected chi connectivity index (χ0v) is 18.3. The van der Waals surface area contributed by atoms with Crippen molar-refractivity contribution < 1.29 is 4.79 Å². The third kappa shape index (κ3) is 5.04. The molecule has 1 amide bonds. The van der Waals surface area contributed by atoms with E-state index in [0.29, 0.717) is 17.4 Å². The summed E-state index contributed by atoms with van der Waals surface area (Å²) in [4.78, 5) is 21.1. The summed E-state index contributed by atoms with van der Waals surface area (Å²) >= 11 is 1.87. The van der Waals surface area contributed by atoms with E-state index in [-0.39, 0.29) is 5.91 Å². The van der Waals surface area contributed by atoms with Crippen molar-refractivity contribution in [3.8, 4) is 6.07 Å². The van der Waals surface area contributed by atoms with Gasteiger partial charge in [0.05, 0.1) is 23.9 Å². The van der Waals surface area contributed by atoms with Crippen molar-refractivity contribution in [1.29, 1.82) is 5.26 Å². The number of fused-ring (bicyclic) bond motifs is 1. The van der Waals surface area contributed by atoms with Crippen molar-refractivity contribution in [2.45, 2.75) is 30.0 Å². The van der Waals surface area contributed by atoms with E-state index >= 15 is 0 Å². The van der Waals surface area contributed by atoms with Gasteiger partial charge in [-0.2, -0.15) is 5.26 Å². The second-order valence-electron chi connectivity index (χ2n) is 8.09. The molecule has 4 rings (SSSR count). The largest absolute Gasteiger partial charge is 0.310 e. The van der Waals surface area contributed by atoms with Crippen molar-refractivity contribution in [2.24, 2.45) is 0 Å². The summed E-state index contributed by atoms with van der Waals surface area (Å²) in [6.45, 7) is 8.13. The smallest absolute Gasteiger partial charge is 0.241 e. The second kappa shape index (κ2) is 9.65. The predicted molar refractivity (Wildman–Crippen MR) is 122 cm³/mol. The van der Waals surface area contributed by atoms with Crippen molar-refractivity contribution in [1.82, 2.24) is 9.80 Å². The Bertz CT molecular complexity index is 916. The van der Waals surface area contributed by atoms with Gasteiger partial charge in [-0.15, -0.1) is 11.8 Å². The molecule has 0 spiro atoms. The maximum atomic E-state index is 13.2. The maximum Gasteiger partial charge on any atom is 0.241 e. The van der Waals surface area contributed by atoms with Crippen molar-refractivity contribution in [3.05, 3.63) is 59.7 Å². The molecular weight excluding hydrogens is 392 g/mol. The van der Waals surface area contributed by atoms with E-state index in [2.05, 4.69) is 41.0 Å². The molecule has 5 nitrogen and oxygen atoms in total. The van der Waals surface area contributed by atoms with Crippen LogP contribution in [0.25, 0.3) is 0 Å². The molecule has 0 unspecified atom stereocenters. The molecule has 2 heterocycles. The first-order chi connectivity index (χ1) is 14.6. The zero-order chi connectivity index (χ0) is 20.9. The Balaban J connectivity index is 1.31. The van der Waals surface area contributed by atoms with E-state index in [4.69, 9.17) is 5.26 Å². The summed E-state index contributed by atoms with van der Waals surface area (Å²) in [5.74, 6) is 0.206. The number of para-hydroxylation sites is 1. The lowest BCUT2D eigenvalue weighted by atomic mass is 10.1. The Morgan fingerprint density at radius 2 is 1.73 bits per heavy atom. The lowest BCUT2D eigenvalue weighted by Crippen LogP contribution is -2.50. The average Bonchev–Trinajstić information content (AvgIpc) is 2.94. The highest BCUT2D eigenvalue weighted by Gasteiger charge is 2.26. The highest BCUT2D eigenvalue weighted by atomic mass is 32.2. The number of nitriles is 1. The SMILES string of the molecule is C[C@H]1CCN(C(=O)CN2CCN(Cc3ccc(C#N)cc3)CC2)c2ccccc2S1. The van der Waals surface area contributed by atoms with Crippen LogP contribution in [0.1, 0.15) is 24.5 Å². The molecule has 30 heavy (non-hydrogen) atoms.